The van der Waals surface area contributed by atoms with Crippen molar-refractivity contribution >= 4 is 12.3 Å². The normalized spacial score (nSPS) is 9.31. The van der Waals surface area contributed by atoms with Crippen LogP contribution in [0.15, 0.2) is 12.1 Å². The van der Waals surface area contributed by atoms with E-state index in [4.69, 9.17) is 10.00 Å². The van der Waals surface area contributed by atoms with Crippen LogP contribution in [0.2, 0.25) is 0 Å². The van der Waals surface area contributed by atoms with E-state index in [0.717, 1.165) is 0 Å². The molecule has 0 fully saturated rings. The molecule has 0 radical (unpaired) electrons. The molecule has 1 aromatic rings. The fraction of sp³-hybridized carbons (Fsp3) is 0.250. The van der Waals surface area contributed by atoms with Gasteiger partial charge in [-0.2, -0.15) is 5.26 Å². The number of nitrogens with zero attached hydrogens (tertiary/aromatic N) is 1. The van der Waals surface area contributed by atoms with Gasteiger partial charge in [-0.1, -0.05) is 0 Å². The summed E-state index contributed by atoms with van der Waals surface area (Å²) >= 11 is 0. The molecule has 4 nitrogen and oxygen atoms in total. The number of nitriles is 1. The van der Waals surface area contributed by atoms with E-state index in [2.05, 4.69) is 0 Å². The molecule has 0 N–H and O–H groups in total. The van der Waals surface area contributed by atoms with Crippen LogP contribution >= 0.6 is 0 Å². The van der Waals surface area contributed by atoms with Gasteiger partial charge in [0.2, 0.25) is 0 Å². The molecule has 0 aliphatic heterocycles. The van der Waals surface area contributed by atoms with Crippen LogP contribution in [-0.4, -0.2) is 18.9 Å². The quantitative estimate of drug-likeness (QED) is 0.572. The van der Waals surface area contributed by atoms with E-state index in [1.165, 1.54) is 12.1 Å². The van der Waals surface area contributed by atoms with Gasteiger partial charge in [0.1, 0.15) is 6.29 Å². The molecule has 0 atom stereocenters. The van der Waals surface area contributed by atoms with E-state index >= 15 is 0 Å². The third kappa shape index (κ3) is 2.26. The number of hydrogen-bond donors (Lipinski definition) is 0. The van der Waals surface area contributed by atoms with Crippen molar-refractivity contribution in [3.63, 3.8) is 0 Å². The number of esters is 1. The van der Waals surface area contributed by atoms with E-state index in [9.17, 15) is 9.59 Å². The Morgan fingerprint density at radius 3 is 2.75 bits per heavy atom. The van der Waals surface area contributed by atoms with Crippen molar-refractivity contribution in [2.75, 3.05) is 6.61 Å². The Bertz CT molecular complexity index is 472. The summed E-state index contributed by atoms with van der Waals surface area (Å²) in [5.74, 6) is -0.526. The minimum Gasteiger partial charge on any atom is -0.462 e. The van der Waals surface area contributed by atoms with E-state index in [0.29, 0.717) is 23.0 Å². The standard InChI is InChI=1S/C12H11NO3/c1-3-16-12(15)9-4-10(6-13)8(2)11(5-9)7-14/h4-5,7H,3H2,1-2H3. The van der Waals surface area contributed by atoms with E-state index in [1.807, 2.05) is 6.07 Å². The fourth-order valence-corrected chi connectivity index (χ4v) is 1.31. The number of aldehydes is 1. The maximum Gasteiger partial charge on any atom is 0.338 e. The Morgan fingerprint density at radius 1 is 1.56 bits per heavy atom. The molecule has 0 unspecified atom stereocenters. The highest BCUT2D eigenvalue weighted by Crippen LogP contribution is 2.15. The first-order chi connectivity index (χ1) is 7.63. The Balaban J connectivity index is 3.28. The van der Waals surface area contributed by atoms with Gasteiger partial charge in [0, 0.05) is 5.56 Å². The zero-order valence-corrected chi connectivity index (χ0v) is 9.11. The summed E-state index contributed by atoms with van der Waals surface area (Å²) in [5.41, 5.74) is 1.45. The van der Waals surface area contributed by atoms with Gasteiger partial charge in [0.15, 0.2) is 0 Å². The Hall–Kier alpha value is -2.15. The van der Waals surface area contributed by atoms with Crippen LogP contribution in [0.5, 0.6) is 0 Å². The maximum atomic E-state index is 11.4. The molecule has 4 heteroatoms. The second-order valence-electron chi connectivity index (χ2n) is 3.19. The molecule has 0 heterocycles. The molecule has 1 rings (SSSR count). The van der Waals surface area contributed by atoms with Crippen LogP contribution in [0.1, 0.15) is 38.8 Å². The molecule has 0 bridgehead atoms. The van der Waals surface area contributed by atoms with Gasteiger partial charge in [0.05, 0.1) is 23.8 Å². The lowest BCUT2D eigenvalue weighted by Crippen LogP contribution is -2.07. The summed E-state index contributed by atoms with van der Waals surface area (Å²) in [4.78, 5) is 22.2. The first-order valence-corrected chi connectivity index (χ1v) is 4.81. The van der Waals surface area contributed by atoms with Gasteiger partial charge < -0.3 is 4.74 Å². The maximum absolute atomic E-state index is 11.4. The molecular formula is C12H11NO3. The van der Waals surface area contributed by atoms with E-state index < -0.39 is 5.97 Å². The van der Waals surface area contributed by atoms with Gasteiger partial charge in [-0.05, 0) is 31.5 Å². The van der Waals surface area contributed by atoms with Crippen molar-refractivity contribution < 1.29 is 14.3 Å². The highest BCUT2D eigenvalue weighted by atomic mass is 16.5. The largest absolute Gasteiger partial charge is 0.462 e. The number of carbonyl (C=O) groups excluding carboxylic acids is 2. The molecule has 0 amide bonds. The molecule has 0 aromatic heterocycles. The highest BCUT2D eigenvalue weighted by molar-refractivity contribution is 5.93. The summed E-state index contributed by atoms with van der Waals surface area (Å²) in [6, 6.07) is 4.80. The van der Waals surface area contributed by atoms with Gasteiger partial charge >= 0.3 is 5.97 Å². The molecule has 0 spiro atoms. The number of carbonyl (C=O) groups is 2. The number of rotatable bonds is 3. The van der Waals surface area contributed by atoms with E-state index in [-0.39, 0.29) is 12.2 Å². The van der Waals surface area contributed by atoms with Crippen molar-refractivity contribution in [3.05, 3.63) is 34.4 Å². The first-order valence-electron chi connectivity index (χ1n) is 4.81. The topological polar surface area (TPSA) is 67.2 Å². The van der Waals surface area contributed by atoms with Gasteiger partial charge in [-0.25, -0.2) is 4.79 Å². The van der Waals surface area contributed by atoms with Crippen LogP contribution in [-0.2, 0) is 4.74 Å². The first kappa shape index (κ1) is 11.9. The lowest BCUT2D eigenvalue weighted by atomic mass is 10.00. The molecule has 0 aliphatic carbocycles. The summed E-state index contributed by atoms with van der Waals surface area (Å²) in [5, 5.41) is 8.86. The van der Waals surface area contributed by atoms with Crippen molar-refractivity contribution in [1.29, 1.82) is 5.26 Å². The smallest absolute Gasteiger partial charge is 0.338 e. The van der Waals surface area contributed by atoms with Crippen LogP contribution in [0.3, 0.4) is 0 Å². The third-order valence-electron chi connectivity index (χ3n) is 2.21. The fourth-order valence-electron chi connectivity index (χ4n) is 1.31. The van der Waals surface area contributed by atoms with Gasteiger partial charge in [-0.3, -0.25) is 4.79 Å². The molecule has 1 aromatic carbocycles. The lowest BCUT2D eigenvalue weighted by Gasteiger charge is -2.06. The Kier molecular flexibility index (Phi) is 3.78. The minimum absolute atomic E-state index is 0.228. The van der Waals surface area contributed by atoms with Crippen molar-refractivity contribution in [1.82, 2.24) is 0 Å². The lowest BCUT2D eigenvalue weighted by molar-refractivity contribution is 0.0526. The van der Waals surface area contributed by atoms with Crippen LogP contribution < -0.4 is 0 Å². The average molecular weight is 217 g/mol. The molecule has 82 valence electrons. The number of benzene rings is 1. The zero-order valence-electron chi connectivity index (χ0n) is 9.11. The number of hydrogen-bond acceptors (Lipinski definition) is 4. The SMILES string of the molecule is CCOC(=O)c1cc(C#N)c(C)c(C=O)c1. The van der Waals surface area contributed by atoms with Crippen molar-refractivity contribution in [2.24, 2.45) is 0 Å². The summed E-state index contributed by atoms with van der Waals surface area (Å²) in [6.07, 6.45) is 0.624. The molecular weight excluding hydrogens is 206 g/mol. The minimum atomic E-state index is -0.526. The monoisotopic (exact) mass is 217 g/mol. The number of ether oxygens (including phenoxy) is 1. The second-order valence-corrected chi connectivity index (χ2v) is 3.19. The van der Waals surface area contributed by atoms with Crippen LogP contribution in [0, 0.1) is 18.3 Å². The molecule has 0 saturated heterocycles. The summed E-state index contributed by atoms with van der Waals surface area (Å²) < 4.78 is 4.80. The average Bonchev–Trinajstić information content (AvgIpc) is 2.29. The summed E-state index contributed by atoms with van der Waals surface area (Å²) in [6.45, 7) is 3.61. The van der Waals surface area contributed by atoms with Crippen LogP contribution in [0.25, 0.3) is 0 Å². The second kappa shape index (κ2) is 5.08. The predicted octanol–water partition coefficient (Wildman–Crippen LogP) is 1.86. The van der Waals surface area contributed by atoms with Gasteiger partial charge in [-0.15, -0.1) is 0 Å². The molecule has 16 heavy (non-hydrogen) atoms. The van der Waals surface area contributed by atoms with Crippen molar-refractivity contribution in [2.45, 2.75) is 13.8 Å². The zero-order chi connectivity index (χ0) is 12.1. The molecule has 0 aliphatic rings. The molecule has 0 saturated carbocycles. The Morgan fingerprint density at radius 2 is 2.25 bits per heavy atom. The predicted molar refractivity (Wildman–Crippen MR) is 57.2 cm³/mol. The van der Waals surface area contributed by atoms with Crippen molar-refractivity contribution in [3.8, 4) is 6.07 Å². The van der Waals surface area contributed by atoms with Crippen LogP contribution in [0.4, 0.5) is 0 Å². The Labute approximate surface area is 93.5 Å². The highest BCUT2D eigenvalue weighted by Gasteiger charge is 2.12. The van der Waals surface area contributed by atoms with Gasteiger partial charge in [0.25, 0.3) is 0 Å². The summed E-state index contributed by atoms with van der Waals surface area (Å²) in [7, 11) is 0. The van der Waals surface area contributed by atoms with E-state index in [1.54, 1.807) is 13.8 Å². The third-order valence-corrected chi connectivity index (χ3v) is 2.21.